The average Bonchev–Trinajstić information content (AvgIpc) is 3.38. The maximum Gasteiger partial charge on any atom is 0.257 e. The quantitative estimate of drug-likeness (QED) is 0.196. The van der Waals surface area contributed by atoms with E-state index < -0.39 is 11.9 Å². The Kier molecular flexibility index (Phi) is 9.95. The largest absolute Gasteiger partial charge is 0.335 e. The molecular formula is C26H20Cl4N6O. The fraction of sp³-hybridized carbons (Fsp3) is 0.0769. The summed E-state index contributed by atoms with van der Waals surface area (Å²) in [5, 5.41) is 16.5. The van der Waals surface area contributed by atoms with Gasteiger partial charge in [0.25, 0.3) is 5.91 Å². The van der Waals surface area contributed by atoms with Gasteiger partial charge in [0.15, 0.2) is 0 Å². The number of guanidine groups is 1. The molecule has 1 amide bonds. The molecule has 0 radical (unpaired) electrons. The molecular weight excluding hydrogens is 554 g/mol. The van der Waals surface area contributed by atoms with Gasteiger partial charge in [-0.2, -0.15) is 5.26 Å². The number of hydrogen-bond donors (Lipinski definition) is 2. The second kappa shape index (κ2) is 13.1. The number of anilines is 1. The van der Waals surface area contributed by atoms with Crippen LogP contribution in [0.1, 0.15) is 27.5 Å². The normalized spacial score (nSPS) is 11.7. The van der Waals surface area contributed by atoms with Gasteiger partial charge in [0, 0.05) is 38.7 Å². The molecule has 0 unspecified atom stereocenters. The van der Waals surface area contributed by atoms with Crippen molar-refractivity contribution in [1.29, 1.82) is 5.26 Å². The van der Waals surface area contributed by atoms with Gasteiger partial charge in [0.1, 0.15) is 0 Å². The van der Waals surface area contributed by atoms with E-state index in [2.05, 4.69) is 15.6 Å². The third kappa shape index (κ3) is 7.72. The highest BCUT2D eigenvalue weighted by Gasteiger charge is 2.18. The highest BCUT2D eigenvalue weighted by molar-refractivity contribution is 6.35. The van der Waals surface area contributed by atoms with Crippen LogP contribution in [0.4, 0.5) is 5.69 Å². The first-order valence-corrected chi connectivity index (χ1v) is 11.9. The number of hydrogen-bond acceptors (Lipinski definition) is 4. The van der Waals surface area contributed by atoms with E-state index in [1.54, 1.807) is 79.3 Å². The predicted octanol–water partition coefficient (Wildman–Crippen LogP) is 6.78. The topological polar surface area (TPSA) is 95.1 Å². The maximum absolute atomic E-state index is 13.1. The Bertz CT molecular complexity index is 1420. The summed E-state index contributed by atoms with van der Waals surface area (Å²) in [5.41, 5.74) is 2.22. The van der Waals surface area contributed by atoms with Gasteiger partial charge in [-0.15, -0.1) is 12.4 Å². The molecule has 4 aromatic rings. The zero-order chi connectivity index (χ0) is 25.5. The van der Waals surface area contributed by atoms with Crippen molar-refractivity contribution < 1.29 is 4.79 Å². The van der Waals surface area contributed by atoms with Gasteiger partial charge >= 0.3 is 0 Å². The van der Waals surface area contributed by atoms with Crippen LogP contribution in [0.15, 0.2) is 90.4 Å². The van der Waals surface area contributed by atoms with Crippen LogP contribution in [0, 0.1) is 11.3 Å². The van der Waals surface area contributed by atoms with E-state index in [9.17, 15) is 4.79 Å². The number of carbonyl (C=O) groups is 1. The lowest BCUT2D eigenvalue weighted by Crippen LogP contribution is -2.36. The Balaban J connectivity index is 0.00000380. The van der Waals surface area contributed by atoms with Gasteiger partial charge in [-0.05, 0) is 66.2 Å². The molecule has 1 atom stereocenters. The Morgan fingerprint density at radius 2 is 1.73 bits per heavy atom. The van der Waals surface area contributed by atoms with Crippen molar-refractivity contribution in [3.8, 4) is 6.07 Å². The van der Waals surface area contributed by atoms with Crippen LogP contribution in [0.25, 0.3) is 0 Å². The molecule has 1 aromatic heterocycles. The van der Waals surface area contributed by atoms with Crippen LogP contribution < -0.4 is 10.6 Å². The van der Waals surface area contributed by atoms with Gasteiger partial charge in [0.2, 0.25) is 5.96 Å². The summed E-state index contributed by atoms with van der Waals surface area (Å²) >= 11 is 18.7. The first kappa shape index (κ1) is 28.0. The standard InChI is InChI=1S/C26H19Cl3N6O.ClH/c27-19-5-8-21(9-6-19)32-26(34-25(36)18-3-1-17(14-30)2-4-18)33-24(15-35-12-11-31-16-35)22-10-7-20(28)13-23(22)29;/h1-13,16,24H,15H2,(H2,32,33,34,36);1H/t24-;/m1./s1. The highest BCUT2D eigenvalue weighted by atomic mass is 35.5. The third-order valence-corrected chi connectivity index (χ3v) is 5.98. The average molecular weight is 574 g/mol. The Hall–Kier alpha value is -3.54. The molecule has 0 aliphatic rings. The molecule has 0 aliphatic carbocycles. The number of carbonyl (C=O) groups excluding carboxylic acids is 1. The zero-order valence-electron chi connectivity index (χ0n) is 19.1. The number of nitrogens with zero attached hydrogens (tertiary/aromatic N) is 4. The number of imidazole rings is 1. The number of halogens is 4. The fourth-order valence-electron chi connectivity index (χ4n) is 3.37. The summed E-state index contributed by atoms with van der Waals surface area (Å²) in [6.45, 7) is 0.403. The molecule has 188 valence electrons. The third-order valence-electron chi connectivity index (χ3n) is 5.16. The summed E-state index contributed by atoms with van der Waals surface area (Å²) < 4.78 is 1.86. The number of aromatic nitrogens is 2. The van der Waals surface area contributed by atoms with Crippen molar-refractivity contribution in [1.82, 2.24) is 14.9 Å². The van der Waals surface area contributed by atoms with Gasteiger partial charge in [0.05, 0.1) is 30.5 Å². The minimum atomic E-state index is -0.500. The molecule has 2 N–H and O–H groups in total. The maximum atomic E-state index is 13.1. The second-order valence-electron chi connectivity index (χ2n) is 7.69. The molecule has 37 heavy (non-hydrogen) atoms. The molecule has 0 aliphatic heterocycles. The summed E-state index contributed by atoms with van der Waals surface area (Å²) in [6, 6.07) is 20.0. The van der Waals surface area contributed by atoms with E-state index in [1.807, 2.05) is 16.8 Å². The molecule has 0 spiro atoms. The van der Waals surface area contributed by atoms with Crippen LogP contribution in [0.2, 0.25) is 15.1 Å². The first-order chi connectivity index (χ1) is 17.4. The Morgan fingerprint density at radius 3 is 2.35 bits per heavy atom. The fourth-order valence-corrected chi connectivity index (χ4v) is 4.03. The van der Waals surface area contributed by atoms with E-state index >= 15 is 0 Å². The van der Waals surface area contributed by atoms with Gasteiger partial charge < -0.3 is 9.88 Å². The summed E-state index contributed by atoms with van der Waals surface area (Å²) in [6.07, 6.45) is 5.16. The number of aliphatic imine (C=N–C) groups is 1. The monoisotopic (exact) mass is 572 g/mol. The number of nitrogens with one attached hydrogen (secondary N) is 2. The molecule has 1 heterocycles. The van der Waals surface area contributed by atoms with Crippen molar-refractivity contribution in [2.45, 2.75) is 12.6 Å². The number of nitriles is 1. The van der Waals surface area contributed by atoms with E-state index in [4.69, 9.17) is 45.1 Å². The van der Waals surface area contributed by atoms with Crippen molar-refractivity contribution in [3.63, 3.8) is 0 Å². The van der Waals surface area contributed by atoms with E-state index in [0.29, 0.717) is 38.4 Å². The van der Waals surface area contributed by atoms with Crippen molar-refractivity contribution in [2.24, 2.45) is 4.99 Å². The van der Waals surface area contributed by atoms with E-state index in [-0.39, 0.29) is 18.4 Å². The number of rotatable bonds is 6. The minimum absolute atomic E-state index is 0. The van der Waals surface area contributed by atoms with Crippen LogP contribution in [-0.2, 0) is 6.54 Å². The zero-order valence-corrected chi connectivity index (χ0v) is 22.2. The molecule has 4 rings (SSSR count). The lowest BCUT2D eigenvalue weighted by molar-refractivity contribution is 0.0977. The summed E-state index contributed by atoms with van der Waals surface area (Å²) in [7, 11) is 0. The van der Waals surface area contributed by atoms with Crippen molar-refractivity contribution >= 4 is 64.8 Å². The molecule has 0 saturated carbocycles. The number of amides is 1. The van der Waals surface area contributed by atoms with Crippen LogP contribution in [-0.4, -0.2) is 21.4 Å². The van der Waals surface area contributed by atoms with Crippen LogP contribution >= 0.6 is 47.2 Å². The molecule has 0 saturated heterocycles. The Labute approximate surface area is 235 Å². The lowest BCUT2D eigenvalue weighted by atomic mass is 10.1. The Morgan fingerprint density at radius 1 is 1.03 bits per heavy atom. The predicted molar refractivity (Wildman–Crippen MR) is 150 cm³/mol. The van der Waals surface area contributed by atoms with Crippen molar-refractivity contribution in [2.75, 3.05) is 5.32 Å². The van der Waals surface area contributed by atoms with Crippen LogP contribution in [0.3, 0.4) is 0 Å². The van der Waals surface area contributed by atoms with Gasteiger partial charge in [-0.3, -0.25) is 10.1 Å². The van der Waals surface area contributed by atoms with Crippen LogP contribution in [0.5, 0.6) is 0 Å². The molecule has 0 fully saturated rings. The number of benzene rings is 3. The van der Waals surface area contributed by atoms with Gasteiger partial charge in [-0.1, -0.05) is 40.9 Å². The first-order valence-electron chi connectivity index (χ1n) is 10.7. The highest BCUT2D eigenvalue weighted by Crippen LogP contribution is 2.30. The van der Waals surface area contributed by atoms with E-state index in [0.717, 1.165) is 5.56 Å². The smallest absolute Gasteiger partial charge is 0.257 e. The molecule has 11 heteroatoms. The molecule has 0 bridgehead atoms. The summed E-state index contributed by atoms with van der Waals surface area (Å²) in [5.74, 6) is -0.203. The molecule has 7 nitrogen and oxygen atoms in total. The van der Waals surface area contributed by atoms with E-state index in [1.165, 1.54) is 0 Å². The lowest BCUT2D eigenvalue weighted by Gasteiger charge is -2.19. The SMILES string of the molecule is Cl.N#Cc1ccc(C(=O)NC(=N[C@H](Cn2ccnc2)c2ccc(Cl)cc2Cl)Nc2ccc(Cl)cc2)cc1. The summed E-state index contributed by atoms with van der Waals surface area (Å²) in [4.78, 5) is 22.0. The second-order valence-corrected chi connectivity index (χ2v) is 8.97. The minimum Gasteiger partial charge on any atom is -0.335 e. The molecule has 3 aromatic carbocycles. The van der Waals surface area contributed by atoms with Crippen molar-refractivity contribution in [3.05, 3.63) is 117 Å². The van der Waals surface area contributed by atoms with Gasteiger partial charge in [-0.25, -0.2) is 9.98 Å².